The fourth-order valence-corrected chi connectivity index (χ4v) is 3.80. The molecule has 2 amide bonds. The van der Waals surface area contributed by atoms with E-state index in [-0.39, 0.29) is 0 Å². The molecule has 0 spiro atoms. The van der Waals surface area contributed by atoms with Crippen LogP contribution in [0.25, 0.3) is 0 Å². The zero-order valence-corrected chi connectivity index (χ0v) is 15.7. The molecule has 0 aromatic carbocycles. The molecule has 0 bridgehead atoms. The highest BCUT2D eigenvalue weighted by atomic mass is 16.6. The van der Waals surface area contributed by atoms with E-state index in [4.69, 9.17) is 9.47 Å². The maximum Gasteiger partial charge on any atom is 0.217 e. The van der Waals surface area contributed by atoms with E-state index in [2.05, 4.69) is 10.6 Å². The third-order valence-corrected chi connectivity index (χ3v) is 5.18. The maximum absolute atomic E-state index is 11.6. The van der Waals surface area contributed by atoms with Crippen molar-refractivity contribution in [3.05, 3.63) is 0 Å². The number of rotatable bonds is 4. The van der Waals surface area contributed by atoms with Gasteiger partial charge in [0.25, 0.3) is 0 Å². The first-order valence-corrected chi connectivity index (χ1v) is 8.85. The first-order chi connectivity index (χ1) is 12.9. The molecule has 12 heteroatoms. The Morgan fingerprint density at radius 3 is 2.07 bits per heavy atom. The van der Waals surface area contributed by atoms with Crippen LogP contribution in [0.5, 0.6) is 0 Å². The van der Waals surface area contributed by atoms with Crippen LogP contribution in [0.4, 0.5) is 0 Å². The van der Waals surface area contributed by atoms with Crippen molar-refractivity contribution in [2.45, 2.75) is 81.4 Å². The lowest BCUT2D eigenvalue weighted by Crippen LogP contribution is -2.80. The average Bonchev–Trinajstić information content (AvgIpc) is 2.61. The molecule has 0 aromatic rings. The molecule has 0 radical (unpaired) electrons. The molecule has 2 aliphatic heterocycles. The van der Waals surface area contributed by atoms with E-state index < -0.39 is 79.0 Å². The van der Waals surface area contributed by atoms with Gasteiger partial charge in [-0.05, 0) is 6.92 Å². The summed E-state index contributed by atoms with van der Waals surface area (Å²) in [7, 11) is 0. The van der Waals surface area contributed by atoms with E-state index in [0.717, 1.165) is 13.8 Å². The number of amides is 2. The van der Waals surface area contributed by atoms with Crippen LogP contribution in [0.2, 0.25) is 0 Å². The lowest BCUT2D eigenvalue weighted by atomic mass is 9.73. The van der Waals surface area contributed by atoms with Crippen molar-refractivity contribution in [2.24, 2.45) is 0 Å². The van der Waals surface area contributed by atoms with Crippen LogP contribution in [-0.4, -0.2) is 110 Å². The molecule has 8 N–H and O–H groups in total. The number of hydrogen-bond acceptors (Lipinski definition) is 10. The van der Waals surface area contributed by atoms with Crippen LogP contribution in [-0.2, 0) is 19.1 Å². The molecule has 0 saturated carbocycles. The van der Waals surface area contributed by atoms with Gasteiger partial charge in [0, 0.05) is 13.8 Å². The van der Waals surface area contributed by atoms with Gasteiger partial charge in [-0.25, -0.2) is 0 Å². The highest BCUT2D eigenvalue weighted by Crippen LogP contribution is 2.38. The Bertz CT molecular complexity index is 592. The molecule has 2 aliphatic rings. The quantitative estimate of drug-likeness (QED) is 0.224. The number of carbonyl (C=O) groups excluding carboxylic acids is 2. The fourth-order valence-electron chi connectivity index (χ4n) is 3.80. The minimum absolute atomic E-state index is 0.567. The van der Waals surface area contributed by atoms with Gasteiger partial charge in [-0.2, -0.15) is 0 Å². The van der Waals surface area contributed by atoms with Gasteiger partial charge in [-0.3, -0.25) is 9.59 Å². The van der Waals surface area contributed by atoms with Crippen LogP contribution in [0, 0.1) is 0 Å². The Hall–Kier alpha value is -1.38. The van der Waals surface area contributed by atoms with Crippen LogP contribution >= 0.6 is 0 Å². The van der Waals surface area contributed by atoms with Crippen molar-refractivity contribution in [1.29, 1.82) is 0 Å². The summed E-state index contributed by atoms with van der Waals surface area (Å²) in [4.78, 5) is 23.0. The van der Waals surface area contributed by atoms with Gasteiger partial charge in [0.05, 0.1) is 18.8 Å². The number of carbonyl (C=O) groups is 2. The SMILES string of the molecule is CC(=O)N[C@H]1[C@@H](O)[C@H]([C@@]2(O)[C@H](NC(C)=O)[C@@H](O)O[C@H](CO)[C@@H]2O)O[C@H](C)[C@H]1O. The summed E-state index contributed by atoms with van der Waals surface area (Å²) in [6, 6.07) is -2.92. The lowest BCUT2D eigenvalue weighted by molar-refractivity contribution is -0.334. The van der Waals surface area contributed by atoms with Gasteiger partial charge in [-0.1, -0.05) is 0 Å². The summed E-state index contributed by atoms with van der Waals surface area (Å²) in [5.74, 6) is -1.25. The van der Waals surface area contributed by atoms with Crippen molar-refractivity contribution in [3.8, 4) is 0 Å². The summed E-state index contributed by atoms with van der Waals surface area (Å²) in [6.07, 6.45) is -11.0. The van der Waals surface area contributed by atoms with Gasteiger partial charge >= 0.3 is 0 Å². The summed E-state index contributed by atoms with van der Waals surface area (Å²) in [6.45, 7) is 2.89. The minimum atomic E-state index is -2.54. The molecule has 12 nitrogen and oxygen atoms in total. The highest BCUT2D eigenvalue weighted by molar-refractivity contribution is 5.74. The van der Waals surface area contributed by atoms with Crippen LogP contribution in [0.3, 0.4) is 0 Å². The van der Waals surface area contributed by atoms with Gasteiger partial charge in [0.1, 0.15) is 42.2 Å². The van der Waals surface area contributed by atoms with Crippen LogP contribution in [0.15, 0.2) is 0 Å². The Kier molecular flexibility index (Phi) is 6.99. The first kappa shape index (κ1) is 22.9. The molecule has 2 saturated heterocycles. The molecule has 0 aromatic heterocycles. The largest absolute Gasteiger partial charge is 0.394 e. The van der Waals surface area contributed by atoms with Crippen LogP contribution in [0.1, 0.15) is 20.8 Å². The monoisotopic (exact) mass is 408 g/mol. The molecule has 0 aliphatic carbocycles. The second kappa shape index (κ2) is 8.55. The number of nitrogens with one attached hydrogen (secondary N) is 2. The molecule has 162 valence electrons. The third-order valence-electron chi connectivity index (χ3n) is 5.18. The van der Waals surface area contributed by atoms with E-state index in [0.29, 0.717) is 0 Å². The van der Waals surface area contributed by atoms with Crippen molar-refractivity contribution in [3.63, 3.8) is 0 Å². The van der Waals surface area contributed by atoms with E-state index in [1.807, 2.05) is 0 Å². The molecule has 28 heavy (non-hydrogen) atoms. The average molecular weight is 408 g/mol. The summed E-state index contributed by atoms with van der Waals surface area (Å²) < 4.78 is 10.6. The zero-order valence-electron chi connectivity index (χ0n) is 15.7. The lowest BCUT2D eigenvalue weighted by Gasteiger charge is -2.55. The second-order valence-corrected chi connectivity index (χ2v) is 7.23. The van der Waals surface area contributed by atoms with Crippen molar-refractivity contribution in [2.75, 3.05) is 6.61 Å². The molecule has 2 fully saturated rings. The fraction of sp³-hybridized carbons (Fsp3) is 0.875. The Balaban J connectivity index is 2.49. The predicted molar refractivity (Wildman–Crippen MR) is 90.5 cm³/mol. The van der Waals surface area contributed by atoms with E-state index in [9.17, 15) is 40.2 Å². The Morgan fingerprint density at radius 1 is 1.00 bits per heavy atom. The third kappa shape index (κ3) is 4.00. The predicted octanol–water partition coefficient (Wildman–Crippen LogP) is -4.69. The molecule has 10 atom stereocenters. The number of ether oxygens (including phenoxy) is 2. The maximum atomic E-state index is 11.6. The number of aliphatic hydroxyl groups is 6. The highest BCUT2D eigenvalue weighted by Gasteiger charge is 2.64. The molecule has 0 unspecified atom stereocenters. The van der Waals surface area contributed by atoms with Gasteiger partial charge in [0.15, 0.2) is 6.29 Å². The summed E-state index contributed by atoms with van der Waals surface area (Å²) in [5.41, 5.74) is -2.54. The van der Waals surface area contributed by atoms with Crippen molar-refractivity contribution >= 4 is 11.8 Å². The molecule has 2 rings (SSSR count). The normalized spacial score (nSPS) is 46.7. The minimum Gasteiger partial charge on any atom is -0.394 e. The van der Waals surface area contributed by atoms with Gasteiger partial charge < -0.3 is 50.7 Å². The van der Waals surface area contributed by atoms with Gasteiger partial charge in [-0.15, -0.1) is 0 Å². The summed E-state index contributed by atoms with van der Waals surface area (Å²) in [5, 5.41) is 67.3. The standard InChI is InChI=1S/C16H28N2O10/c1-5-10(22)9(17-6(2)20)11(23)14(27-5)16(26)12(18-7(3)21)15(25)28-8(4-19)13(16)24/h5,8-15,19,22-26H,4H2,1-3H3,(H,17,20)(H,18,21)/t5-,8-,9-,10-,11-,12-,13+,14-,15+,16-/m1/s1. The topological polar surface area (TPSA) is 198 Å². The Labute approximate surface area is 161 Å². The van der Waals surface area contributed by atoms with E-state index >= 15 is 0 Å². The Morgan fingerprint density at radius 2 is 1.57 bits per heavy atom. The van der Waals surface area contributed by atoms with E-state index in [1.165, 1.54) is 6.92 Å². The smallest absolute Gasteiger partial charge is 0.217 e. The van der Waals surface area contributed by atoms with Crippen LogP contribution < -0.4 is 10.6 Å². The molecular formula is C16H28N2O10. The second-order valence-electron chi connectivity index (χ2n) is 7.23. The number of aliphatic hydroxyl groups excluding tert-OH is 5. The number of hydrogen-bond donors (Lipinski definition) is 8. The molecular weight excluding hydrogens is 380 g/mol. The molecule has 2 heterocycles. The zero-order chi connectivity index (χ0) is 21.4. The summed E-state index contributed by atoms with van der Waals surface area (Å²) >= 11 is 0. The first-order valence-electron chi connectivity index (χ1n) is 8.85. The van der Waals surface area contributed by atoms with Crippen molar-refractivity contribution < 1.29 is 49.7 Å². The van der Waals surface area contributed by atoms with Gasteiger partial charge in [0.2, 0.25) is 11.8 Å². The van der Waals surface area contributed by atoms with E-state index in [1.54, 1.807) is 0 Å². The van der Waals surface area contributed by atoms with Crippen molar-refractivity contribution in [1.82, 2.24) is 10.6 Å².